The topological polar surface area (TPSA) is 59.2 Å². The molecule has 0 bridgehead atoms. The number of hydrogen-bond donors (Lipinski definition) is 0. The van der Waals surface area contributed by atoms with Crippen molar-refractivity contribution in [3.8, 4) is 11.4 Å². The molecule has 1 aliphatic heterocycles. The van der Waals surface area contributed by atoms with Crippen molar-refractivity contribution in [2.45, 2.75) is 18.8 Å². The minimum absolute atomic E-state index is 0.139. The van der Waals surface area contributed by atoms with Crippen LogP contribution in [0.2, 0.25) is 0 Å². The molecule has 29 heavy (non-hydrogen) atoms. The van der Waals surface area contributed by atoms with E-state index in [1.807, 2.05) is 0 Å². The molecule has 9 heteroatoms. The average Bonchev–Trinajstić information content (AvgIpc) is 3.17. The predicted molar refractivity (Wildman–Crippen MR) is 93.9 cm³/mol. The highest BCUT2D eigenvalue weighted by molar-refractivity contribution is 5.94. The molecule has 0 radical (unpaired) electrons. The number of amides is 1. The van der Waals surface area contributed by atoms with Crippen LogP contribution in [0.25, 0.3) is 11.4 Å². The number of carbonyl (C=O) groups is 1. The number of rotatable bonds is 3. The van der Waals surface area contributed by atoms with E-state index >= 15 is 0 Å². The summed E-state index contributed by atoms with van der Waals surface area (Å²) in [5.74, 6) is -4.51. The lowest BCUT2D eigenvalue weighted by molar-refractivity contribution is 0.0695. The van der Waals surface area contributed by atoms with Gasteiger partial charge < -0.3 is 9.42 Å². The standard InChI is InChI=1S/C20H15F4N3O2/c21-13-5-3-11(4-6-13)20(28)27-7-1-2-12(10-27)19-25-18(26-29-19)17-15(23)8-14(22)9-16(17)24/h3-6,8-9,12H,1-2,7,10H2/t12-/m0/s1. The number of hydrogen-bond acceptors (Lipinski definition) is 4. The van der Waals surface area contributed by atoms with Crippen molar-refractivity contribution in [2.24, 2.45) is 0 Å². The lowest BCUT2D eigenvalue weighted by Gasteiger charge is -2.31. The second-order valence-electron chi connectivity index (χ2n) is 6.80. The van der Waals surface area contributed by atoms with E-state index in [0.717, 1.165) is 0 Å². The van der Waals surface area contributed by atoms with Gasteiger partial charge >= 0.3 is 0 Å². The van der Waals surface area contributed by atoms with Gasteiger partial charge in [0.2, 0.25) is 11.7 Å². The van der Waals surface area contributed by atoms with Crippen molar-refractivity contribution >= 4 is 5.91 Å². The highest BCUT2D eigenvalue weighted by Gasteiger charge is 2.30. The van der Waals surface area contributed by atoms with Crippen LogP contribution in [0.5, 0.6) is 0 Å². The molecule has 1 aliphatic rings. The molecule has 1 fully saturated rings. The maximum absolute atomic E-state index is 14.0. The SMILES string of the molecule is O=C(c1ccc(F)cc1)N1CCC[C@H](c2nc(-c3c(F)cc(F)cc3F)no2)C1. The minimum atomic E-state index is -1.13. The zero-order chi connectivity index (χ0) is 20.5. The Hall–Kier alpha value is -3.23. The van der Waals surface area contributed by atoms with Crippen molar-refractivity contribution in [3.63, 3.8) is 0 Å². The van der Waals surface area contributed by atoms with Gasteiger partial charge in [-0.25, -0.2) is 17.6 Å². The first-order valence-corrected chi connectivity index (χ1v) is 8.95. The Morgan fingerprint density at radius 3 is 2.41 bits per heavy atom. The van der Waals surface area contributed by atoms with Gasteiger partial charge in [-0.15, -0.1) is 0 Å². The predicted octanol–water partition coefficient (Wildman–Crippen LogP) is 4.31. The molecular weight excluding hydrogens is 390 g/mol. The van der Waals surface area contributed by atoms with Crippen LogP contribution in [-0.4, -0.2) is 34.0 Å². The van der Waals surface area contributed by atoms with Crippen LogP contribution in [0.3, 0.4) is 0 Å². The van der Waals surface area contributed by atoms with Crippen LogP contribution >= 0.6 is 0 Å². The summed E-state index contributed by atoms with van der Waals surface area (Å²) in [4.78, 5) is 18.3. The van der Waals surface area contributed by atoms with Gasteiger partial charge in [0.1, 0.15) is 23.3 Å². The molecule has 150 valence electrons. The lowest BCUT2D eigenvalue weighted by atomic mass is 9.97. The highest BCUT2D eigenvalue weighted by Crippen LogP contribution is 2.30. The van der Waals surface area contributed by atoms with Crippen molar-refractivity contribution in [3.05, 3.63) is 71.1 Å². The van der Waals surface area contributed by atoms with E-state index in [1.165, 1.54) is 24.3 Å². The number of aromatic nitrogens is 2. The molecule has 4 rings (SSSR count). The normalized spacial score (nSPS) is 16.8. The van der Waals surface area contributed by atoms with Crippen LogP contribution in [0.4, 0.5) is 17.6 Å². The van der Waals surface area contributed by atoms with Crippen molar-refractivity contribution < 1.29 is 26.9 Å². The van der Waals surface area contributed by atoms with E-state index in [0.29, 0.717) is 37.1 Å². The molecule has 0 unspecified atom stereocenters. The Morgan fingerprint density at radius 2 is 1.72 bits per heavy atom. The molecule has 2 aromatic carbocycles. The molecule has 0 saturated carbocycles. The smallest absolute Gasteiger partial charge is 0.253 e. The third-order valence-electron chi connectivity index (χ3n) is 4.82. The Balaban J connectivity index is 1.54. The average molecular weight is 405 g/mol. The molecule has 0 spiro atoms. The van der Waals surface area contributed by atoms with Crippen LogP contribution in [0, 0.1) is 23.3 Å². The summed E-state index contributed by atoms with van der Waals surface area (Å²) in [6, 6.07) is 6.32. The first kappa shape index (κ1) is 19.1. The monoisotopic (exact) mass is 405 g/mol. The van der Waals surface area contributed by atoms with E-state index < -0.39 is 28.8 Å². The summed E-state index contributed by atoms with van der Waals surface area (Å²) in [6.07, 6.45) is 1.30. The number of likely N-dealkylation sites (tertiary alicyclic amines) is 1. The van der Waals surface area contributed by atoms with Gasteiger partial charge in [-0.2, -0.15) is 4.98 Å². The van der Waals surface area contributed by atoms with Crippen molar-refractivity contribution in [2.75, 3.05) is 13.1 Å². The molecule has 3 aromatic rings. The zero-order valence-electron chi connectivity index (χ0n) is 15.0. The highest BCUT2D eigenvalue weighted by atomic mass is 19.1. The Morgan fingerprint density at radius 1 is 1.03 bits per heavy atom. The summed E-state index contributed by atoms with van der Waals surface area (Å²) >= 11 is 0. The van der Waals surface area contributed by atoms with Crippen molar-refractivity contribution in [1.29, 1.82) is 0 Å². The third kappa shape index (κ3) is 3.85. The fourth-order valence-corrected chi connectivity index (χ4v) is 3.40. The summed E-state index contributed by atoms with van der Waals surface area (Å²) in [5.41, 5.74) is -0.217. The van der Waals surface area contributed by atoms with Gasteiger partial charge in [0.15, 0.2) is 0 Å². The third-order valence-corrected chi connectivity index (χ3v) is 4.82. The molecule has 0 N–H and O–H groups in total. The second kappa shape index (κ2) is 7.65. The van der Waals surface area contributed by atoms with E-state index in [1.54, 1.807) is 4.90 Å². The largest absolute Gasteiger partial charge is 0.339 e. The van der Waals surface area contributed by atoms with Gasteiger partial charge in [0.05, 0.1) is 11.5 Å². The van der Waals surface area contributed by atoms with E-state index in [4.69, 9.17) is 4.52 Å². The maximum atomic E-state index is 14.0. The van der Waals surface area contributed by atoms with E-state index in [-0.39, 0.29) is 30.1 Å². The second-order valence-corrected chi connectivity index (χ2v) is 6.80. The fourth-order valence-electron chi connectivity index (χ4n) is 3.40. The maximum Gasteiger partial charge on any atom is 0.253 e. The van der Waals surface area contributed by atoms with Crippen LogP contribution in [-0.2, 0) is 0 Å². The zero-order valence-corrected chi connectivity index (χ0v) is 15.0. The van der Waals surface area contributed by atoms with Gasteiger partial charge in [0.25, 0.3) is 5.91 Å². The molecule has 1 atom stereocenters. The summed E-state index contributed by atoms with van der Waals surface area (Å²) in [5, 5.41) is 3.62. The number of halogens is 4. The van der Waals surface area contributed by atoms with Crippen LogP contribution < -0.4 is 0 Å². The molecule has 1 aromatic heterocycles. The summed E-state index contributed by atoms with van der Waals surface area (Å²) in [6.45, 7) is 0.779. The molecule has 2 heterocycles. The summed E-state index contributed by atoms with van der Waals surface area (Å²) < 4.78 is 59.2. The summed E-state index contributed by atoms with van der Waals surface area (Å²) in [7, 11) is 0. The van der Waals surface area contributed by atoms with Gasteiger partial charge in [-0.05, 0) is 37.1 Å². The number of piperidine rings is 1. The fraction of sp³-hybridized carbons (Fsp3) is 0.250. The van der Waals surface area contributed by atoms with Crippen LogP contribution in [0.15, 0.2) is 40.9 Å². The molecular formula is C20H15F4N3O2. The van der Waals surface area contributed by atoms with E-state index in [2.05, 4.69) is 10.1 Å². The van der Waals surface area contributed by atoms with E-state index in [9.17, 15) is 22.4 Å². The molecule has 1 amide bonds. The Kier molecular flexibility index (Phi) is 5.04. The molecule has 0 aliphatic carbocycles. The molecule has 5 nitrogen and oxygen atoms in total. The Labute approximate surface area is 162 Å². The number of nitrogens with zero attached hydrogens (tertiary/aromatic N) is 3. The van der Waals surface area contributed by atoms with Crippen LogP contribution in [0.1, 0.15) is 35.0 Å². The number of carbonyl (C=O) groups excluding carboxylic acids is 1. The van der Waals surface area contributed by atoms with Gasteiger partial charge in [0, 0.05) is 30.8 Å². The Bertz CT molecular complexity index is 1030. The first-order chi connectivity index (χ1) is 13.9. The quantitative estimate of drug-likeness (QED) is 0.610. The lowest BCUT2D eigenvalue weighted by Crippen LogP contribution is -2.39. The minimum Gasteiger partial charge on any atom is -0.339 e. The first-order valence-electron chi connectivity index (χ1n) is 8.95. The molecule has 1 saturated heterocycles. The van der Waals surface area contributed by atoms with Gasteiger partial charge in [-0.1, -0.05) is 5.16 Å². The number of benzene rings is 2. The van der Waals surface area contributed by atoms with Crippen molar-refractivity contribution in [1.82, 2.24) is 15.0 Å². The van der Waals surface area contributed by atoms with Gasteiger partial charge in [-0.3, -0.25) is 4.79 Å².